The van der Waals surface area contributed by atoms with E-state index in [1.807, 2.05) is 32.9 Å². The number of ether oxygens (including phenoxy) is 1. The lowest BCUT2D eigenvalue weighted by Gasteiger charge is -2.45. The van der Waals surface area contributed by atoms with E-state index in [0.29, 0.717) is 44.2 Å². The fourth-order valence-corrected chi connectivity index (χ4v) is 5.03. The van der Waals surface area contributed by atoms with E-state index in [4.69, 9.17) is 19.8 Å². The van der Waals surface area contributed by atoms with Gasteiger partial charge < -0.3 is 35.4 Å². The van der Waals surface area contributed by atoms with Crippen LogP contribution in [0.4, 0.5) is 21.1 Å². The summed E-state index contributed by atoms with van der Waals surface area (Å²) >= 11 is 0. The molecule has 1 aromatic carbocycles. The van der Waals surface area contributed by atoms with Crippen molar-refractivity contribution in [3.63, 3.8) is 0 Å². The van der Waals surface area contributed by atoms with Gasteiger partial charge in [0.1, 0.15) is 5.82 Å². The molecule has 0 aliphatic carbocycles. The van der Waals surface area contributed by atoms with Gasteiger partial charge in [0.05, 0.1) is 37.6 Å². The highest BCUT2D eigenvalue weighted by atomic mass is 16.5. The Labute approximate surface area is 216 Å². The van der Waals surface area contributed by atoms with Gasteiger partial charge in [-0.1, -0.05) is 20.8 Å². The fraction of sp³-hybridized carbons (Fsp3) is 0.538. The van der Waals surface area contributed by atoms with Gasteiger partial charge in [-0.05, 0) is 36.6 Å². The number of carbonyl (C=O) groups excluding carboxylic acids is 1. The number of nitrogens with zero attached hydrogens (tertiary/aromatic N) is 4. The maximum Gasteiger partial charge on any atom is 0.407 e. The van der Waals surface area contributed by atoms with Gasteiger partial charge in [-0.15, -0.1) is 0 Å². The number of aromatic nitrogens is 2. The number of anilines is 2. The molecule has 200 valence electrons. The highest BCUT2D eigenvalue weighted by Crippen LogP contribution is 2.46. The predicted molar refractivity (Wildman–Crippen MR) is 140 cm³/mol. The quantitative estimate of drug-likeness (QED) is 0.479. The molecule has 37 heavy (non-hydrogen) atoms. The number of carboxylic acid groups (broad SMARTS) is 1. The maximum absolute atomic E-state index is 12.2. The van der Waals surface area contributed by atoms with Crippen LogP contribution in [0.15, 0.2) is 24.3 Å². The van der Waals surface area contributed by atoms with Crippen LogP contribution in [0.3, 0.4) is 0 Å². The fourth-order valence-electron chi connectivity index (χ4n) is 5.03. The number of morpholine rings is 1. The molecule has 1 fully saturated rings. The highest BCUT2D eigenvalue weighted by Gasteiger charge is 2.43. The molecule has 2 aliphatic rings. The van der Waals surface area contributed by atoms with Crippen LogP contribution in [-0.2, 0) is 11.2 Å². The van der Waals surface area contributed by atoms with Crippen molar-refractivity contribution in [2.24, 2.45) is 5.41 Å². The number of rotatable bonds is 5. The minimum Gasteiger partial charge on any atom is -0.465 e. The molecular formula is C26H36N6O5. The van der Waals surface area contributed by atoms with Crippen molar-refractivity contribution in [1.29, 1.82) is 0 Å². The zero-order valence-corrected chi connectivity index (χ0v) is 21.8. The van der Waals surface area contributed by atoms with E-state index in [0.717, 1.165) is 22.6 Å². The van der Waals surface area contributed by atoms with Gasteiger partial charge in [-0.3, -0.25) is 0 Å². The Hall–Kier alpha value is -3.44. The van der Waals surface area contributed by atoms with Crippen LogP contribution in [0.25, 0.3) is 11.4 Å². The Morgan fingerprint density at radius 3 is 2.51 bits per heavy atom. The Balaban J connectivity index is 1.77. The van der Waals surface area contributed by atoms with E-state index in [1.54, 1.807) is 12.1 Å². The molecule has 1 saturated heterocycles. The molecule has 11 heteroatoms. The first-order valence-corrected chi connectivity index (χ1v) is 12.6. The number of amides is 3. The molecule has 0 saturated carbocycles. The van der Waals surface area contributed by atoms with E-state index in [2.05, 4.69) is 22.5 Å². The number of benzene rings is 1. The minimum atomic E-state index is -0.943. The van der Waals surface area contributed by atoms with E-state index in [-0.39, 0.29) is 24.6 Å². The monoisotopic (exact) mass is 512 g/mol. The Bertz CT molecular complexity index is 1130. The van der Waals surface area contributed by atoms with Gasteiger partial charge in [-0.2, -0.15) is 0 Å². The molecule has 1 unspecified atom stereocenters. The second-order valence-electron chi connectivity index (χ2n) is 10.5. The predicted octanol–water partition coefficient (Wildman–Crippen LogP) is 3.11. The zero-order valence-electron chi connectivity index (χ0n) is 21.8. The summed E-state index contributed by atoms with van der Waals surface area (Å²) in [5, 5.41) is 24.2. The summed E-state index contributed by atoms with van der Waals surface area (Å²) in [4.78, 5) is 37.8. The third kappa shape index (κ3) is 5.78. The van der Waals surface area contributed by atoms with Crippen molar-refractivity contribution in [3.8, 4) is 11.4 Å². The van der Waals surface area contributed by atoms with E-state index >= 15 is 0 Å². The summed E-state index contributed by atoms with van der Waals surface area (Å²) in [6, 6.07) is 6.54. The number of aliphatic hydroxyl groups is 1. The van der Waals surface area contributed by atoms with E-state index < -0.39 is 18.2 Å². The molecular weight excluding hydrogens is 476 g/mol. The number of fused-ring (bicyclic) bond motifs is 1. The Kier molecular flexibility index (Phi) is 7.84. The van der Waals surface area contributed by atoms with Gasteiger partial charge in [-0.25, -0.2) is 19.6 Å². The summed E-state index contributed by atoms with van der Waals surface area (Å²) in [5.41, 5.74) is 2.76. The third-order valence-electron chi connectivity index (χ3n) is 6.68. The van der Waals surface area contributed by atoms with Gasteiger partial charge in [0.15, 0.2) is 5.82 Å². The van der Waals surface area contributed by atoms with Crippen LogP contribution in [0.5, 0.6) is 0 Å². The van der Waals surface area contributed by atoms with Crippen LogP contribution in [0, 0.1) is 5.41 Å². The standard InChI is InChI=1S/C26H36N6O5/c1-16-15-37-14-12-31(16)23-20-19(9-11-32(25(35)36)21(20)26(2,3)4)29-22(30-23)17-5-7-18(8-6-17)28-24(34)27-10-13-33/h5-8,16,21,33H,9-15H2,1-4H3,(H,35,36)(H2,27,28,34)/t16?,21-/m1/s1. The van der Waals surface area contributed by atoms with Gasteiger partial charge >= 0.3 is 12.1 Å². The first-order valence-electron chi connectivity index (χ1n) is 12.6. The van der Waals surface area contributed by atoms with E-state index in [1.165, 1.54) is 4.90 Å². The third-order valence-corrected chi connectivity index (χ3v) is 6.68. The molecule has 4 N–H and O–H groups in total. The van der Waals surface area contributed by atoms with Gasteiger partial charge in [0.25, 0.3) is 0 Å². The lowest BCUT2D eigenvalue weighted by atomic mass is 9.78. The number of hydrogen-bond donors (Lipinski definition) is 4. The molecule has 3 heterocycles. The molecule has 1 aromatic heterocycles. The van der Waals surface area contributed by atoms with Crippen molar-refractivity contribution < 1.29 is 24.5 Å². The second kappa shape index (κ2) is 10.9. The molecule has 2 atom stereocenters. The molecule has 0 radical (unpaired) electrons. The second-order valence-corrected chi connectivity index (χ2v) is 10.5. The van der Waals surface area contributed by atoms with Gasteiger partial charge in [0.2, 0.25) is 0 Å². The van der Waals surface area contributed by atoms with Crippen molar-refractivity contribution >= 4 is 23.6 Å². The summed E-state index contributed by atoms with van der Waals surface area (Å²) in [5.74, 6) is 1.31. The smallest absolute Gasteiger partial charge is 0.407 e. The van der Waals surface area contributed by atoms with Crippen molar-refractivity contribution in [2.75, 3.05) is 49.7 Å². The summed E-state index contributed by atoms with van der Waals surface area (Å²) in [7, 11) is 0. The first kappa shape index (κ1) is 26.6. The topological polar surface area (TPSA) is 140 Å². The molecule has 2 aromatic rings. The summed E-state index contributed by atoms with van der Waals surface area (Å²) < 4.78 is 5.67. The van der Waals surface area contributed by atoms with Crippen molar-refractivity contribution in [2.45, 2.75) is 46.2 Å². The highest BCUT2D eigenvalue weighted by molar-refractivity contribution is 5.89. The summed E-state index contributed by atoms with van der Waals surface area (Å²) in [6.07, 6.45) is -0.443. The summed E-state index contributed by atoms with van der Waals surface area (Å²) in [6.45, 7) is 10.4. The van der Waals surface area contributed by atoms with Crippen molar-refractivity contribution in [3.05, 3.63) is 35.5 Å². The molecule has 0 bridgehead atoms. The first-order chi connectivity index (χ1) is 17.6. The van der Waals surface area contributed by atoms with Crippen LogP contribution in [-0.4, -0.2) is 82.7 Å². The van der Waals surface area contributed by atoms with Crippen LogP contribution in [0.2, 0.25) is 0 Å². The van der Waals surface area contributed by atoms with E-state index in [9.17, 15) is 14.7 Å². The molecule has 2 aliphatic heterocycles. The molecule has 11 nitrogen and oxygen atoms in total. The lowest BCUT2D eigenvalue weighted by Crippen LogP contribution is -2.49. The van der Waals surface area contributed by atoms with Gasteiger partial charge in [0, 0.05) is 42.9 Å². The number of urea groups is 1. The average molecular weight is 513 g/mol. The van der Waals surface area contributed by atoms with Crippen molar-refractivity contribution in [1.82, 2.24) is 20.2 Å². The molecule has 3 amide bonds. The van der Waals surface area contributed by atoms with Crippen LogP contribution in [0.1, 0.15) is 45.0 Å². The maximum atomic E-state index is 12.2. The Morgan fingerprint density at radius 1 is 1.16 bits per heavy atom. The zero-order chi connectivity index (χ0) is 26.7. The Morgan fingerprint density at radius 2 is 1.89 bits per heavy atom. The number of nitrogens with one attached hydrogen (secondary N) is 2. The largest absolute Gasteiger partial charge is 0.465 e. The lowest BCUT2D eigenvalue weighted by molar-refractivity contribution is 0.0739. The number of carbonyl (C=O) groups is 2. The minimum absolute atomic E-state index is 0.0745. The molecule has 4 rings (SSSR count). The van der Waals surface area contributed by atoms with Crippen LogP contribution >= 0.6 is 0 Å². The normalized spacial score (nSPS) is 19.8. The number of aliphatic hydroxyl groups excluding tert-OH is 1. The molecule has 0 spiro atoms. The number of hydrogen-bond acceptors (Lipinski definition) is 7. The average Bonchev–Trinajstić information content (AvgIpc) is 2.86. The SMILES string of the molecule is CC1COCCN1c1nc(-c2ccc(NC(=O)NCCO)cc2)nc2c1[C@H](C(C)(C)C)N(C(=O)O)CC2. The van der Waals surface area contributed by atoms with Crippen LogP contribution < -0.4 is 15.5 Å².